The lowest BCUT2D eigenvalue weighted by Crippen LogP contribution is -2.24. The van der Waals surface area contributed by atoms with Crippen LogP contribution in [0.1, 0.15) is 5.56 Å². The minimum absolute atomic E-state index is 0.0671. The smallest absolute Gasteiger partial charge is 0.235 e. The number of aromatic hydroxyl groups is 1. The molecule has 2 N–H and O–H groups in total. The van der Waals surface area contributed by atoms with E-state index in [-0.39, 0.29) is 24.1 Å². The number of carbonyl (C=O) groups excluding carboxylic acids is 1. The molecule has 0 fully saturated rings. The number of halogens is 2. The minimum Gasteiger partial charge on any atom is -0.508 e. The van der Waals surface area contributed by atoms with E-state index in [0.29, 0.717) is 5.56 Å². The number of hydrogen-bond donors (Lipinski definition) is 2. The van der Waals surface area contributed by atoms with Gasteiger partial charge in [0.05, 0.1) is 0 Å². The summed E-state index contributed by atoms with van der Waals surface area (Å²) < 4.78 is 13.1. The normalized spacial score (nSPS) is 9.86. The van der Waals surface area contributed by atoms with E-state index in [1.807, 2.05) is 0 Å². The summed E-state index contributed by atoms with van der Waals surface area (Å²) in [5, 5.41) is 11.3. The van der Waals surface area contributed by atoms with E-state index in [2.05, 4.69) is 5.32 Å². The van der Waals surface area contributed by atoms with Crippen molar-refractivity contribution in [3.05, 3.63) is 29.6 Å². The van der Waals surface area contributed by atoms with Crippen molar-refractivity contribution < 1.29 is 14.3 Å². The highest BCUT2D eigenvalue weighted by atomic mass is 35.5. The van der Waals surface area contributed by atoms with Gasteiger partial charge in [-0.1, -0.05) is 6.07 Å². The van der Waals surface area contributed by atoms with Gasteiger partial charge in [-0.25, -0.2) is 4.39 Å². The zero-order valence-corrected chi connectivity index (χ0v) is 8.01. The third-order valence-electron chi connectivity index (χ3n) is 1.63. The van der Waals surface area contributed by atoms with Crippen molar-refractivity contribution in [2.24, 2.45) is 0 Å². The fraction of sp³-hybridized carbons (Fsp3) is 0.222. The van der Waals surface area contributed by atoms with Gasteiger partial charge in [-0.3, -0.25) is 4.79 Å². The Morgan fingerprint density at radius 3 is 2.86 bits per heavy atom. The zero-order chi connectivity index (χ0) is 10.6. The molecular weight excluding hydrogens is 209 g/mol. The first-order valence-electron chi connectivity index (χ1n) is 3.93. The van der Waals surface area contributed by atoms with Crippen LogP contribution in [-0.2, 0) is 11.3 Å². The van der Waals surface area contributed by atoms with Crippen molar-refractivity contribution in [2.75, 3.05) is 5.88 Å². The van der Waals surface area contributed by atoms with Gasteiger partial charge in [-0.15, -0.1) is 11.6 Å². The van der Waals surface area contributed by atoms with Crippen molar-refractivity contribution in [3.63, 3.8) is 0 Å². The SMILES string of the molecule is O=C(CCl)NCc1ccc(O)cc1F. The summed E-state index contributed by atoms with van der Waals surface area (Å²) >= 11 is 5.24. The van der Waals surface area contributed by atoms with Crippen molar-refractivity contribution >= 4 is 17.5 Å². The van der Waals surface area contributed by atoms with Gasteiger partial charge in [0.2, 0.25) is 5.91 Å². The van der Waals surface area contributed by atoms with Gasteiger partial charge in [0.15, 0.2) is 0 Å². The fourth-order valence-electron chi connectivity index (χ4n) is 0.921. The third-order valence-corrected chi connectivity index (χ3v) is 1.88. The van der Waals surface area contributed by atoms with Crippen LogP contribution in [0.4, 0.5) is 4.39 Å². The Morgan fingerprint density at radius 1 is 1.57 bits per heavy atom. The van der Waals surface area contributed by atoms with E-state index in [4.69, 9.17) is 16.7 Å². The van der Waals surface area contributed by atoms with E-state index in [0.717, 1.165) is 6.07 Å². The number of carbonyl (C=O) groups is 1. The van der Waals surface area contributed by atoms with Crippen molar-refractivity contribution in [2.45, 2.75) is 6.54 Å². The Hall–Kier alpha value is -1.29. The fourth-order valence-corrected chi connectivity index (χ4v) is 1.02. The maximum atomic E-state index is 13.1. The molecule has 3 nitrogen and oxygen atoms in total. The van der Waals surface area contributed by atoms with Crippen LogP contribution in [0.3, 0.4) is 0 Å². The summed E-state index contributed by atoms with van der Waals surface area (Å²) in [6, 6.07) is 3.74. The maximum Gasteiger partial charge on any atom is 0.235 e. The molecule has 0 unspecified atom stereocenters. The van der Waals surface area contributed by atoms with E-state index >= 15 is 0 Å². The van der Waals surface area contributed by atoms with Crippen LogP contribution in [0.2, 0.25) is 0 Å². The number of phenols is 1. The molecule has 0 saturated carbocycles. The van der Waals surface area contributed by atoms with Gasteiger partial charge in [-0.05, 0) is 6.07 Å². The Bertz CT molecular complexity index is 344. The van der Waals surface area contributed by atoms with Crippen LogP contribution < -0.4 is 5.32 Å². The van der Waals surface area contributed by atoms with E-state index < -0.39 is 5.82 Å². The predicted molar refractivity (Wildman–Crippen MR) is 50.6 cm³/mol. The highest BCUT2D eigenvalue weighted by molar-refractivity contribution is 6.27. The van der Waals surface area contributed by atoms with Crippen molar-refractivity contribution in [3.8, 4) is 5.75 Å². The van der Waals surface area contributed by atoms with Crippen LogP contribution in [0.25, 0.3) is 0 Å². The van der Waals surface area contributed by atoms with Gasteiger partial charge in [0.1, 0.15) is 17.4 Å². The molecule has 76 valence electrons. The van der Waals surface area contributed by atoms with E-state index in [1.54, 1.807) is 0 Å². The van der Waals surface area contributed by atoms with Gasteiger partial charge in [0, 0.05) is 18.2 Å². The second kappa shape index (κ2) is 4.81. The van der Waals surface area contributed by atoms with Crippen LogP contribution >= 0.6 is 11.6 Å². The lowest BCUT2D eigenvalue weighted by Gasteiger charge is -2.04. The monoisotopic (exact) mass is 217 g/mol. The molecule has 0 heterocycles. The Morgan fingerprint density at radius 2 is 2.29 bits per heavy atom. The second-order valence-electron chi connectivity index (χ2n) is 2.69. The molecule has 5 heteroatoms. The molecule has 0 bridgehead atoms. The number of amides is 1. The summed E-state index contributed by atoms with van der Waals surface area (Å²) in [6.45, 7) is 0.0671. The highest BCUT2D eigenvalue weighted by Crippen LogP contribution is 2.14. The topological polar surface area (TPSA) is 49.3 Å². The van der Waals surface area contributed by atoms with Crippen LogP contribution in [-0.4, -0.2) is 16.9 Å². The number of phenolic OH excluding ortho intramolecular Hbond substituents is 1. The molecule has 1 amide bonds. The Balaban J connectivity index is 2.63. The predicted octanol–water partition coefficient (Wildman–Crippen LogP) is 1.39. The summed E-state index contributed by atoms with van der Waals surface area (Å²) in [7, 11) is 0. The second-order valence-corrected chi connectivity index (χ2v) is 2.95. The zero-order valence-electron chi connectivity index (χ0n) is 7.26. The molecule has 0 aromatic heterocycles. The van der Waals surface area contributed by atoms with Gasteiger partial charge in [-0.2, -0.15) is 0 Å². The number of rotatable bonds is 3. The number of hydrogen-bond acceptors (Lipinski definition) is 2. The molecule has 0 saturated heterocycles. The molecule has 0 radical (unpaired) electrons. The number of alkyl halides is 1. The number of nitrogens with one attached hydrogen (secondary N) is 1. The molecular formula is C9H9ClFNO2. The number of benzene rings is 1. The molecule has 0 aliphatic heterocycles. The summed E-state index contributed by atoms with van der Waals surface area (Å²) in [5.74, 6) is -1.21. The average molecular weight is 218 g/mol. The standard InChI is InChI=1S/C9H9ClFNO2/c10-4-9(14)12-5-6-1-2-7(13)3-8(6)11/h1-3,13H,4-5H2,(H,12,14). The molecule has 0 atom stereocenters. The molecule has 14 heavy (non-hydrogen) atoms. The molecule has 0 aliphatic rings. The van der Waals surface area contributed by atoms with E-state index in [1.165, 1.54) is 12.1 Å². The van der Waals surface area contributed by atoms with Gasteiger partial charge in [0.25, 0.3) is 0 Å². The largest absolute Gasteiger partial charge is 0.508 e. The van der Waals surface area contributed by atoms with Crippen molar-refractivity contribution in [1.82, 2.24) is 5.32 Å². The molecule has 0 aliphatic carbocycles. The van der Waals surface area contributed by atoms with Gasteiger partial charge < -0.3 is 10.4 Å². The van der Waals surface area contributed by atoms with Crippen LogP contribution in [0.5, 0.6) is 5.75 Å². The summed E-state index contributed by atoms with van der Waals surface area (Å²) in [5.41, 5.74) is 0.307. The molecule has 1 rings (SSSR count). The summed E-state index contributed by atoms with van der Waals surface area (Å²) in [4.78, 5) is 10.7. The quantitative estimate of drug-likeness (QED) is 0.752. The minimum atomic E-state index is -0.556. The first-order chi connectivity index (χ1) is 6.63. The highest BCUT2D eigenvalue weighted by Gasteiger charge is 2.04. The van der Waals surface area contributed by atoms with Crippen molar-refractivity contribution in [1.29, 1.82) is 0 Å². The Kier molecular flexibility index (Phi) is 3.71. The lowest BCUT2D eigenvalue weighted by molar-refractivity contribution is -0.118. The third kappa shape index (κ3) is 2.88. The van der Waals surface area contributed by atoms with Gasteiger partial charge >= 0.3 is 0 Å². The van der Waals surface area contributed by atoms with Crippen LogP contribution in [0.15, 0.2) is 18.2 Å². The molecule has 1 aromatic carbocycles. The lowest BCUT2D eigenvalue weighted by atomic mass is 10.2. The summed E-state index contributed by atoms with van der Waals surface area (Å²) in [6.07, 6.45) is 0. The van der Waals surface area contributed by atoms with E-state index in [9.17, 15) is 9.18 Å². The first-order valence-corrected chi connectivity index (χ1v) is 4.47. The molecule has 1 aromatic rings. The van der Waals surface area contributed by atoms with Crippen LogP contribution in [0, 0.1) is 5.82 Å². The molecule has 0 spiro atoms. The Labute approximate surface area is 85.5 Å². The maximum absolute atomic E-state index is 13.1. The average Bonchev–Trinajstić information content (AvgIpc) is 2.16. The first kappa shape index (κ1) is 10.8.